The molecule has 2 bridgehead atoms. The zero-order valence-electron chi connectivity index (χ0n) is 16.9. The lowest BCUT2D eigenvalue weighted by atomic mass is 9.59. The van der Waals surface area contributed by atoms with Gasteiger partial charge in [-0.05, 0) is 73.0 Å². The molecule has 1 aliphatic heterocycles. The molecule has 3 heteroatoms. The number of anilines is 1. The molecule has 0 unspecified atom stereocenters. The molecule has 3 nitrogen and oxygen atoms in total. The van der Waals surface area contributed by atoms with Crippen LogP contribution >= 0.6 is 0 Å². The minimum Gasteiger partial charge on any atom is -0.508 e. The van der Waals surface area contributed by atoms with Crippen molar-refractivity contribution >= 4 is 5.69 Å². The van der Waals surface area contributed by atoms with Gasteiger partial charge in [-0.25, -0.2) is 0 Å². The summed E-state index contributed by atoms with van der Waals surface area (Å²) >= 11 is 0. The van der Waals surface area contributed by atoms with Crippen molar-refractivity contribution in [3.8, 4) is 5.75 Å². The molecule has 0 amide bonds. The molecule has 1 heterocycles. The lowest BCUT2D eigenvalue weighted by Crippen LogP contribution is -2.59. The fourth-order valence-electron chi connectivity index (χ4n) is 5.33. The number of para-hydroxylation sites is 1. The molecule has 1 N–H and O–H groups in total. The van der Waals surface area contributed by atoms with E-state index >= 15 is 0 Å². The van der Waals surface area contributed by atoms with Crippen molar-refractivity contribution in [3.05, 3.63) is 59.7 Å². The zero-order chi connectivity index (χ0) is 19.0. The molecule has 0 spiro atoms. The number of hydrogen-bond donors (Lipinski definition) is 1. The summed E-state index contributed by atoms with van der Waals surface area (Å²) in [6, 6.07) is 17.4. The van der Waals surface area contributed by atoms with Crippen molar-refractivity contribution in [3.63, 3.8) is 0 Å². The first kappa shape index (κ1) is 18.4. The Morgan fingerprint density at radius 2 is 1.96 bits per heavy atom. The van der Waals surface area contributed by atoms with E-state index in [1.165, 1.54) is 23.2 Å². The Hall–Kier alpha value is -2.00. The maximum Gasteiger partial charge on any atom is 0.115 e. The Balaban J connectivity index is 1.51. The Kier molecular flexibility index (Phi) is 4.90. The van der Waals surface area contributed by atoms with Crippen LogP contribution in [0.3, 0.4) is 0 Å². The fraction of sp³-hybridized carbons (Fsp3) is 0.500. The predicted octanol–water partition coefficient (Wildman–Crippen LogP) is 4.44. The number of rotatable bonds is 5. The van der Waals surface area contributed by atoms with Crippen LogP contribution in [0.1, 0.15) is 38.3 Å². The van der Waals surface area contributed by atoms with E-state index < -0.39 is 0 Å². The second kappa shape index (κ2) is 7.20. The number of aromatic hydroxyl groups is 1. The minimum absolute atomic E-state index is 0.178. The van der Waals surface area contributed by atoms with Crippen LogP contribution in [0.5, 0.6) is 5.75 Å². The average molecular weight is 365 g/mol. The second-order valence-corrected chi connectivity index (χ2v) is 8.52. The Bertz CT molecular complexity index is 790. The summed E-state index contributed by atoms with van der Waals surface area (Å²) in [5.41, 5.74) is 4.31. The van der Waals surface area contributed by atoms with Gasteiger partial charge in [0.2, 0.25) is 0 Å². The van der Waals surface area contributed by atoms with E-state index in [2.05, 4.69) is 67.0 Å². The first-order valence-electron chi connectivity index (χ1n) is 10.4. The lowest BCUT2D eigenvalue weighted by molar-refractivity contribution is 0.0333. The van der Waals surface area contributed by atoms with Gasteiger partial charge in [-0.15, -0.1) is 0 Å². The number of likely N-dealkylation sites (tertiary alicyclic amines) is 1. The number of hydrogen-bond acceptors (Lipinski definition) is 3. The molecule has 2 aromatic carbocycles. The Labute approximate surface area is 163 Å². The number of benzene rings is 2. The summed E-state index contributed by atoms with van der Waals surface area (Å²) in [4.78, 5) is 5.20. The largest absolute Gasteiger partial charge is 0.508 e. The van der Waals surface area contributed by atoms with E-state index in [1.807, 2.05) is 12.1 Å². The number of phenolic OH excluding ortho intramolecular Hbond substituents is 1. The summed E-state index contributed by atoms with van der Waals surface area (Å²) in [5.74, 6) is 1.01. The van der Waals surface area contributed by atoms with Gasteiger partial charge in [-0.2, -0.15) is 0 Å². The van der Waals surface area contributed by atoms with E-state index in [4.69, 9.17) is 0 Å². The second-order valence-electron chi connectivity index (χ2n) is 8.52. The van der Waals surface area contributed by atoms with E-state index in [-0.39, 0.29) is 5.41 Å². The van der Waals surface area contributed by atoms with Crippen molar-refractivity contribution in [1.29, 1.82) is 0 Å². The van der Waals surface area contributed by atoms with E-state index in [9.17, 15) is 5.11 Å². The summed E-state index contributed by atoms with van der Waals surface area (Å²) < 4.78 is 0. The monoisotopic (exact) mass is 364 g/mol. The number of fused-ring (bicyclic) bond motifs is 4. The number of phenols is 1. The first-order chi connectivity index (χ1) is 13.0. The number of piperidine rings is 1. The van der Waals surface area contributed by atoms with Crippen molar-refractivity contribution in [2.75, 3.05) is 31.1 Å². The molecule has 27 heavy (non-hydrogen) atoms. The predicted molar refractivity (Wildman–Crippen MR) is 113 cm³/mol. The molecule has 0 saturated carbocycles. The molecular formula is C24H32N2O. The van der Waals surface area contributed by atoms with Crippen LogP contribution in [-0.4, -0.2) is 42.2 Å². The molecule has 0 radical (unpaired) electrons. The van der Waals surface area contributed by atoms with Crippen LogP contribution < -0.4 is 4.90 Å². The summed E-state index contributed by atoms with van der Waals surface area (Å²) in [7, 11) is 0. The van der Waals surface area contributed by atoms with Gasteiger partial charge in [0.15, 0.2) is 0 Å². The summed E-state index contributed by atoms with van der Waals surface area (Å²) in [5, 5.41) is 10.0. The maximum atomic E-state index is 10.0. The highest BCUT2D eigenvalue weighted by Crippen LogP contribution is 2.49. The topological polar surface area (TPSA) is 26.7 Å². The normalized spacial score (nSPS) is 27.2. The van der Waals surface area contributed by atoms with E-state index in [0.717, 1.165) is 32.6 Å². The van der Waals surface area contributed by atoms with Gasteiger partial charge in [0.05, 0.1) is 0 Å². The van der Waals surface area contributed by atoms with Crippen molar-refractivity contribution in [1.82, 2.24) is 4.90 Å². The van der Waals surface area contributed by atoms with Gasteiger partial charge in [-0.1, -0.05) is 38.1 Å². The highest BCUT2D eigenvalue weighted by Gasteiger charge is 2.48. The van der Waals surface area contributed by atoms with Gasteiger partial charge >= 0.3 is 0 Å². The standard InChI is InChI=1S/C24H32N2O/c1-4-25(20-8-6-5-7-9-20)14-15-26-13-12-24(3)18(2)23(26)16-19-10-11-21(27)17-22(19)24/h5-11,17-18,23,27H,4,12-16H2,1-3H3/t18-,23+,24+/m1/s1. The van der Waals surface area contributed by atoms with Crippen molar-refractivity contribution < 1.29 is 5.11 Å². The van der Waals surface area contributed by atoms with Crippen LogP contribution in [0.25, 0.3) is 0 Å². The summed E-state index contributed by atoms with van der Waals surface area (Å²) in [6.45, 7) is 11.4. The van der Waals surface area contributed by atoms with Crippen LogP contribution in [0.2, 0.25) is 0 Å². The molecule has 2 aromatic rings. The molecule has 0 aromatic heterocycles. The lowest BCUT2D eigenvalue weighted by Gasteiger charge is -2.55. The first-order valence-corrected chi connectivity index (χ1v) is 10.4. The van der Waals surface area contributed by atoms with Gasteiger partial charge in [0.1, 0.15) is 5.75 Å². The SMILES string of the molecule is CCN(CCN1CC[C@]2(C)c3cc(O)ccc3C[C@H]1[C@H]2C)c1ccccc1. The quantitative estimate of drug-likeness (QED) is 0.849. The molecule has 2 aliphatic rings. The average Bonchev–Trinajstić information content (AvgIpc) is 2.68. The molecule has 1 aliphatic carbocycles. The molecular weight excluding hydrogens is 332 g/mol. The van der Waals surface area contributed by atoms with Crippen LogP contribution in [0.15, 0.2) is 48.5 Å². The Morgan fingerprint density at radius 1 is 1.19 bits per heavy atom. The number of nitrogens with zero attached hydrogens (tertiary/aromatic N) is 2. The molecule has 4 rings (SSSR count). The van der Waals surface area contributed by atoms with Crippen molar-refractivity contribution in [2.24, 2.45) is 5.92 Å². The fourth-order valence-corrected chi connectivity index (χ4v) is 5.33. The zero-order valence-corrected chi connectivity index (χ0v) is 16.9. The molecule has 1 saturated heterocycles. The molecule has 3 atom stereocenters. The number of likely N-dealkylation sites (N-methyl/N-ethyl adjacent to an activating group) is 1. The van der Waals surface area contributed by atoms with Gasteiger partial charge in [0.25, 0.3) is 0 Å². The highest BCUT2D eigenvalue weighted by molar-refractivity contribution is 5.46. The Morgan fingerprint density at radius 3 is 2.70 bits per heavy atom. The van der Waals surface area contributed by atoms with Crippen LogP contribution in [-0.2, 0) is 11.8 Å². The molecule has 1 fully saturated rings. The molecule has 144 valence electrons. The third-order valence-electron chi connectivity index (χ3n) is 7.27. The third-order valence-corrected chi connectivity index (χ3v) is 7.27. The summed E-state index contributed by atoms with van der Waals surface area (Å²) in [6.07, 6.45) is 2.27. The van der Waals surface area contributed by atoms with Gasteiger partial charge in [0, 0.05) is 31.4 Å². The maximum absolute atomic E-state index is 10.0. The highest BCUT2D eigenvalue weighted by atomic mass is 16.3. The minimum atomic E-state index is 0.178. The third kappa shape index (κ3) is 3.23. The van der Waals surface area contributed by atoms with Crippen molar-refractivity contribution in [2.45, 2.75) is 45.1 Å². The van der Waals surface area contributed by atoms with Gasteiger partial charge < -0.3 is 10.0 Å². The van der Waals surface area contributed by atoms with E-state index in [0.29, 0.717) is 17.7 Å². The van der Waals surface area contributed by atoms with Crippen LogP contribution in [0, 0.1) is 5.92 Å². The van der Waals surface area contributed by atoms with E-state index in [1.54, 1.807) is 0 Å². The van der Waals surface area contributed by atoms with Crippen LogP contribution in [0.4, 0.5) is 5.69 Å². The smallest absolute Gasteiger partial charge is 0.115 e. The van der Waals surface area contributed by atoms with Gasteiger partial charge in [-0.3, -0.25) is 4.90 Å².